The summed E-state index contributed by atoms with van der Waals surface area (Å²) in [5.74, 6) is -0.324. The van der Waals surface area contributed by atoms with Crippen LogP contribution >= 0.6 is 11.3 Å². The number of hydrogen-bond acceptors (Lipinski definition) is 6. The first-order valence-corrected chi connectivity index (χ1v) is 12.9. The molecule has 2 N–H and O–H groups in total. The van der Waals surface area contributed by atoms with Gasteiger partial charge < -0.3 is 20.3 Å². The zero-order valence-corrected chi connectivity index (χ0v) is 21.2. The summed E-state index contributed by atoms with van der Waals surface area (Å²) in [4.78, 5) is 42.4. The van der Waals surface area contributed by atoms with Gasteiger partial charge in [-0.05, 0) is 77.4 Å². The molecule has 1 saturated carbocycles. The third-order valence-corrected chi connectivity index (χ3v) is 6.86. The fourth-order valence-corrected chi connectivity index (χ4v) is 4.86. The minimum atomic E-state index is -0.553. The van der Waals surface area contributed by atoms with Crippen molar-refractivity contribution in [3.8, 4) is 0 Å². The van der Waals surface area contributed by atoms with Gasteiger partial charge in [0.05, 0.1) is 12.2 Å². The number of thiophene rings is 1. The highest BCUT2D eigenvalue weighted by Gasteiger charge is 2.35. The molecule has 2 fully saturated rings. The summed E-state index contributed by atoms with van der Waals surface area (Å²) in [7, 11) is 0. The van der Waals surface area contributed by atoms with E-state index >= 15 is 0 Å². The Morgan fingerprint density at radius 3 is 2.42 bits per heavy atom. The minimum absolute atomic E-state index is 0.0858. The molecular weight excluding hydrogens is 440 g/mol. The van der Waals surface area contributed by atoms with Gasteiger partial charge >= 0.3 is 6.09 Å². The van der Waals surface area contributed by atoms with Crippen LogP contribution in [0.3, 0.4) is 0 Å². The number of ether oxygens (including phenoxy) is 1. The van der Waals surface area contributed by atoms with Crippen LogP contribution in [0.4, 0.5) is 10.5 Å². The first kappa shape index (κ1) is 25.5. The molecule has 8 nitrogen and oxygen atoms in total. The van der Waals surface area contributed by atoms with Crippen molar-refractivity contribution < 1.29 is 19.1 Å². The molecule has 0 bridgehead atoms. The second-order valence-corrected chi connectivity index (χ2v) is 10.9. The van der Waals surface area contributed by atoms with Crippen LogP contribution in [0.1, 0.15) is 74.5 Å². The van der Waals surface area contributed by atoms with Crippen LogP contribution in [0.2, 0.25) is 0 Å². The monoisotopic (exact) mass is 478 g/mol. The third-order valence-electron chi connectivity index (χ3n) is 5.77. The summed E-state index contributed by atoms with van der Waals surface area (Å²) in [5.41, 5.74) is 0.911. The highest BCUT2D eigenvalue weighted by molar-refractivity contribution is 7.13. The fraction of sp³-hybridized carbons (Fsp3) is 0.708. The predicted molar refractivity (Wildman–Crippen MR) is 131 cm³/mol. The molecule has 2 aliphatic rings. The van der Waals surface area contributed by atoms with E-state index in [1.54, 1.807) is 4.90 Å². The molecule has 3 amide bonds. The molecule has 0 atom stereocenters. The molecule has 3 rings (SSSR count). The van der Waals surface area contributed by atoms with Crippen molar-refractivity contribution in [3.63, 3.8) is 0 Å². The summed E-state index contributed by atoms with van der Waals surface area (Å²) in [6.07, 6.45) is 6.28. The van der Waals surface area contributed by atoms with Crippen molar-refractivity contribution in [1.82, 2.24) is 15.1 Å². The summed E-state index contributed by atoms with van der Waals surface area (Å²) in [6, 6.07) is 0.189. The first-order chi connectivity index (χ1) is 15.6. The standard InChI is InChI=1S/C24H38N4O4S/c1-17-16-33-21(20(17)26-19(29)15-27-12-7-5-6-8-13-27)22(30)25-11-14-28(18-9-10-18)23(31)32-24(2,3)4/h16,18H,5-15H2,1-4H3,(H,25,30)(H,26,29). The van der Waals surface area contributed by atoms with Crippen LogP contribution in [0.15, 0.2) is 5.38 Å². The predicted octanol–water partition coefficient (Wildman–Crippen LogP) is 4.00. The topological polar surface area (TPSA) is 91.0 Å². The normalized spacial score (nSPS) is 17.2. The average Bonchev–Trinajstić information content (AvgIpc) is 3.52. The maximum absolute atomic E-state index is 12.9. The molecule has 9 heteroatoms. The summed E-state index contributed by atoms with van der Waals surface area (Å²) in [5, 5.41) is 7.75. The van der Waals surface area contributed by atoms with E-state index in [1.165, 1.54) is 24.2 Å². The number of carbonyl (C=O) groups excluding carboxylic acids is 3. The Kier molecular flexibility index (Phi) is 8.75. The summed E-state index contributed by atoms with van der Waals surface area (Å²) in [6.45, 7) is 10.4. The van der Waals surface area contributed by atoms with Crippen molar-refractivity contribution in [2.75, 3.05) is 38.0 Å². The van der Waals surface area contributed by atoms with E-state index in [4.69, 9.17) is 4.74 Å². The van der Waals surface area contributed by atoms with E-state index in [9.17, 15) is 14.4 Å². The number of nitrogens with one attached hydrogen (secondary N) is 2. The Morgan fingerprint density at radius 2 is 1.82 bits per heavy atom. The Hall–Kier alpha value is -2.13. The number of nitrogens with zero attached hydrogens (tertiary/aromatic N) is 2. The molecule has 0 unspecified atom stereocenters. The van der Waals surface area contributed by atoms with Crippen molar-refractivity contribution in [1.29, 1.82) is 0 Å². The van der Waals surface area contributed by atoms with Gasteiger partial charge in [-0.3, -0.25) is 14.5 Å². The van der Waals surface area contributed by atoms with Crippen LogP contribution in [0.25, 0.3) is 0 Å². The van der Waals surface area contributed by atoms with E-state index in [0.717, 1.165) is 44.3 Å². The highest BCUT2D eigenvalue weighted by atomic mass is 32.1. The zero-order valence-electron chi connectivity index (χ0n) is 20.4. The number of likely N-dealkylation sites (tertiary alicyclic amines) is 1. The van der Waals surface area contributed by atoms with E-state index in [2.05, 4.69) is 15.5 Å². The molecule has 1 aromatic heterocycles. The molecule has 1 aromatic rings. The minimum Gasteiger partial charge on any atom is -0.444 e. The molecular formula is C24H38N4O4S. The lowest BCUT2D eigenvalue weighted by Gasteiger charge is -2.27. The molecule has 0 spiro atoms. The summed E-state index contributed by atoms with van der Waals surface area (Å²) >= 11 is 1.32. The van der Waals surface area contributed by atoms with Crippen LogP contribution in [-0.2, 0) is 9.53 Å². The maximum Gasteiger partial charge on any atom is 0.410 e. The lowest BCUT2D eigenvalue weighted by atomic mass is 10.2. The molecule has 2 heterocycles. The Labute approximate surface area is 201 Å². The number of hydrogen-bond donors (Lipinski definition) is 2. The van der Waals surface area contributed by atoms with Gasteiger partial charge in [0.1, 0.15) is 10.5 Å². The van der Waals surface area contributed by atoms with E-state index in [1.807, 2.05) is 33.1 Å². The van der Waals surface area contributed by atoms with Gasteiger partial charge in [-0.1, -0.05) is 12.8 Å². The van der Waals surface area contributed by atoms with Crippen molar-refractivity contribution in [2.24, 2.45) is 0 Å². The Morgan fingerprint density at radius 1 is 1.15 bits per heavy atom. The van der Waals surface area contributed by atoms with Gasteiger partial charge in [0.2, 0.25) is 5.91 Å². The molecule has 1 saturated heterocycles. The zero-order chi connectivity index (χ0) is 24.0. The Bertz CT molecular complexity index is 836. The SMILES string of the molecule is Cc1csc(C(=O)NCCN(C(=O)OC(C)(C)C)C2CC2)c1NC(=O)CN1CCCCCC1. The van der Waals surface area contributed by atoms with E-state index in [0.29, 0.717) is 30.2 Å². The second-order valence-electron chi connectivity index (χ2n) is 10.0. The number of rotatable bonds is 8. The van der Waals surface area contributed by atoms with Crippen molar-refractivity contribution in [3.05, 3.63) is 15.8 Å². The van der Waals surface area contributed by atoms with Crippen molar-refractivity contribution in [2.45, 2.75) is 77.9 Å². The van der Waals surface area contributed by atoms with Gasteiger partial charge in [-0.15, -0.1) is 11.3 Å². The maximum atomic E-state index is 12.9. The number of anilines is 1. The van der Waals surface area contributed by atoms with Gasteiger partial charge in [-0.2, -0.15) is 0 Å². The van der Waals surface area contributed by atoms with Gasteiger partial charge in [-0.25, -0.2) is 4.79 Å². The van der Waals surface area contributed by atoms with Gasteiger partial charge in [0.25, 0.3) is 5.91 Å². The molecule has 1 aliphatic heterocycles. The summed E-state index contributed by atoms with van der Waals surface area (Å²) < 4.78 is 5.50. The van der Waals surface area contributed by atoms with E-state index in [-0.39, 0.29) is 23.9 Å². The highest BCUT2D eigenvalue weighted by Crippen LogP contribution is 2.29. The fourth-order valence-electron chi connectivity index (χ4n) is 3.94. The van der Waals surface area contributed by atoms with Crippen LogP contribution in [0.5, 0.6) is 0 Å². The Balaban J connectivity index is 1.53. The quantitative estimate of drug-likeness (QED) is 0.589. The van der Waals surface area contributed by atoms with Gasteiger partial charge in [0, 0.05) is 19.1 Å². The number of aryl methyl sites for hydroxylation is 1. The molecule has 33 heavy (non-hydrogen) atoms. The lowest BCUT2D eigenvalue weighted by Crippen LogP contribution is -2.42. The molecule has 0 radical (unpaired) electrons. The number of amides is 3. The molecule has 0 aromatic carbocycles. The average molecular weight is 479 g/mol. The second kappa shape index (κ2) is 11.3. The van der Waals surface area contributed by atoms with Crippen LogP contribution in [0, 0.1) is 6.92 Å². The van der Waals surface area contributed by atoms with E-state index < -0.39 is 5.60 Å². The van der Waals surface area contributed by atoms with Crippen LogP contribution in [-0.4, -0.2) is 72.1 Å². The number of carbonyl (C=O) groups is 3. The first-order valence-electron chi connectivity index (χ1n) is 12.0. The van der Waals surface area contributed by atoms with Crippen LogP contribution < -0.4 is 10.6 Å². The molecule has 184 valence electrons. The lowest BCUT2D eigenvalue weighted by molar-refractivity contribution is -0.117. The van der Waals surface area contributed by atoms with Crippen molar-refractivity contribution >= 4 is 34.9 Å². The van der Waals surface area contributed by atoms with Gasteiger partial charge in [0.15, 0.2) is 0 Å². The molecule has 1 aliphatic carbocycles. The third kappa shape index (κ3) is 7.99. The smallest absolute Gasteiger partial charge is 0.410 e. The largest absolute Gasteiger partial charge is 0.444 e.